The summed E-state index contributed by atoms with van der Waals surface area (Å²) >= 11 is 0. The van der Waals surface area contributed by atoms with E-state index in [2.05, 4.69) is 21.5 Å². The van der Waals surface area contributed by atoms with E-state index in [-0.39, 0.29) is 11.4 Å². The second-order valence-electron chi connectivity index (χ2n) is 14.6. The van der Waals surface area contributed by atoms with Crippen molar-refractivity contribution in [2.45, 2.75) is 128 Å². The van der Waals surface area contributed by atoms with Crippen LogP contribution in [0.4, 0.5) is 0 Å². The van der Waals surface area contributed by atoms with E-state index in [0.29, 0.717) is 29.6 Å². The Balaban J connectivity index is 1.80. The molecule has 2 heterocycles. The zero-order valence-corrected chi connectivity index (χ0v) is 27.3. The molecule has 0 spiro atoms. The molecule has 8 heteroatoms. The van der Waals surface area contributed by atoms with Crippen LogP contribution in [0.3, 0.4) is 0 Å². The Hall–Kier alpha value is -2.16. The summed E-state index contributed by atoms with van der Waals surface area (Å²) in [5.41, 5.74) is 3.01. The van der Waals surface area contributed by atoms with Crippen molar-refractivity contribution in [1.82, 2.24) is 14.6 Å². The van der Waals surface area contributed by atoms with Crippen LogP contribution >= 0.6 is 0 Å². The highest BCUT2D eigenvalue weighted by molar-refractivity contribution is 7.89. The number of hydrogen-bond donors (Lipinski definition) is 2. The van der Waals surface area contributed by atoms with Gasteiger partial charge in [-0.3, -0.25) is 4.79 Å². The van der Waals surface area contributed by atoms with Gasteiger partial charge in [-0.2, -0.15) is 0 Å². The number of benzene rings is 1. The molecule has 0 bridgehead atoms. The van der Waals surface area contributed by atoms with Crippen molar-refractivity contribution in [3.05, 3.63) is 41.1 Å². The van der Waals surface area contributed by atoms with Gasteiger partial charge < -0.3 is 14.6 Å². The zero-order valence-electron chi connectivity index (χ0n) is 26.4. The van der Waals surface area contributed by atoms with E-state index in [4.69, 9.17) is 4.74 Å². The Morgan fingerprint density at radius 3 is 2.24 bits per heavy atom. The quantitative estimate of drug-likeness (QED) is 0.378. The van der Waals surface area contributed by atoms with Crippen LogP contribution in [0.15, 0.2) is 29.2 Å². The van der Waals surface area contributed by atoms with Gasteiger partial charge in [0.2, 0.25) is 10.0 Å². The fourth-order valence-electron chi connectivity index (χ4n) is 6.23. The molecule has 7 nitrogen and oxygen atoms in total. The van der Waals surface area contributed by atoms with Crippen LogP contribution in [0.5, 0.6) is 0 Å². The van der Waals surface area contributed by atoms with Gasteiger partial charge in [0.25, 0.3) is 5.91 Å². The number of carbonyl (C=O) groups excluding carboxylic acids is 1. The maximum absolute atomic E-state index is 13.7. The van der Waals surface area contributed by atoms with Crippen LogP contribution in [0.1, 0.15) is 115 Å². The molecule has 1 aromatic heterocycles. The zero-order chi connectivity index (χ0) is 30.2. The number of aromatic nitrogens is 1. The van der Waals surface area contributed by atoms with E-state index in [0.717, 1.165) is 41.9 Å². The number of hydrogen-bond acceptors (Lipinski definition) is 4. The standard InChI is InChI=1S/C33H51N3O4S/c1-23-26(30(37)34-33(8)16-18-40-19-17-33)21-28(36(23)22-24-12-10-9-11-13-24)25-14-15-29(27(20-25)31(2,3)4)41(38,39)35-32(5,6)7/h14-15,20-21,24,35H,9-13,16-19,22H2,1-8H3,(H,34,37). The molecule has 1 aliphatic heterocycles. The molecule has 228 valence electrons. The number of carbonyl (C=O) groups is 1. The van der Waals surface area contributed by atoms with Gasteiger partial charge in [-0.15, -0.1) is 0 Å². The molecule has 1 aromatic carbocycles. The smallest absolute Gasteiger partial charge is 0.253 e. The molecule has 2 aliphatic rings. The van der Waals surface area contributed by atoms with Gasteiger partial charge in [0.05, 0.1) is 10.5 Å². The van der Waals surface area contributed by atoms with Crippen molar-refractivity contribution in [1.29, 1.82) is 0 Å². The fraction of sp³-hybridized carbons (Fsp3) is 0.667. The Morgan fingerprint density at radius 2 is 1.66 bits per heavy atom. The summed E-state index contributed by atoms with van der Waals surface area (Å²) < 4.78 is 37.6. The first-order valence-corrected chi connectivity index (χ1v) is 16.8. The average Bonchev–Trinajstić information content (AvgIpc) is 3.18. The van der Waals surface area contributed by atoms with Gasteiger partial charge in [0.15, 0.2) is 0 Å². The minimum absolute atomic E-state index is 0.0554. The van der Waals surface area contributed by atoms with Crippen LogP contribution in [-0.2, 0) is 26.7 Å². The van der Waals surface area contributed by atoms with Crippen molar-refractivity contribution < 1.29 is 17.9 Å². The number of ether oxygens (including phenoxy) is 1. The molecule has 2 aromatic rings. The van der Waals surface area contributed by atoms with Crippen LogP contribution in [0.2, 0.25) is 0 Å². The van der Waals surface area contributed by atoms with E-state index < -0.39 is 21.0 Å². The molecule has 41 heavy (non-hydrogen) atoms. The summed E-state index contributed by atoms with van der Waals surface area (Å²) in [7, 11) is -3.73. The van der Waals surface area contributed by atoms with Gasteiger partial charge in [-0.25, -0.2) is 13.1 Å². The third kappa shape index (κ3) is 7.63. The molecule has 0 atom stereocenters. The summed E-state index contributed by atoms with van der Waals surface area (Å²) in [6.45, 7) is 18.0. The molecule has 2 N–H and O–H groups in total. The lowest BCUT2D eigenvalue weighted by atomic mass is 9.85. The third-order valence-corrected chi connectivity index (χ3v) is 10.4. The number of rotatable bonds is 7. The van der Waals surface area contributed by atoms with Crippen LogP contribution in [-0.4, -0.2) is 43.2 Å². The summed E-state index contributed by atoms with van der Waals surface area (Å²) in [5.74, 6) is 0.510. The van der Waals surface area contributed by atoms with Gasteiger partial charge in [-0.05, 0) is 101 Å². The maximum atomic E-state index is 13.7. The highest BCUT2D eigenvalue weighted by atomic mass is 32.2. The van der Waals surface area contributed by atoms with Crippen LogP contribution in [0.25, 0.3) is 11.3 Å². The molecule has 1 saturated carbocycles. The predicted octanol–water partition coefficient (Wildman–Crippen LogP) is 6.72. The number of nitrogens with zero attached hydrogens (tertiary/aromatic N) is 1. The molecule has 1 aliphatic carbocycles. The van der Waals surface area contributed by atoms with Gasteiger partial charge >= 0.3 is 0 Å². The molecule has 1 amide bonds. The first-order chi connectivity index (χ1) is 19.0. The summed E-state index contributed by atoms with van der Waals surface area (Å²) in [5, 5.41) is 3.31. The Bertz CT molecular complexity index is 1350. The average molecular weight is 586 g/mol. The lowest BCUT2D eigenvalue weighted by molar-refractivity contribution is 0.0422. The van der Waals surface area contributed by atoms with Crippen molar-refractivity contribution in [3.8, 4) is 11.3 Å². The van der Waals surface area contributed by atoms with Crippen molar-refractivity contribution in [2.24, 2.45) is 5.92 Å². The molecular formula is C33H51N3O4S. The van der Waals surface area contributed by atoms with Crippen LogP contribution in [0, 0.1) is 12.8 Å². The minimum Gasteiger partial charge on any atom is -0.381 e. The van der Waals surface area contributed by atoms with Crippen molar-refractivity contribution in [3.63, 3.8) is 0 Å². The molecule has 0 unspecified atom stereocenters. The largest absolute Gasteiger partial charge is 0.381 e. The predicted molar refractivity (Wildman–Crippen MR) is 166 cm³/mol. The molecule has 4 rings (SSSR count). The van der Waals surface area contributed by atoms with Crippen LogP contribution < -0.4 is 10.0 Å². The normalized spacial score (nSPS) is 18.8. The maximum Gasteiger partial charge on any atom is 0.253 e. The summed E-state index contributed by atoms with van der Waals surface area (Å²) in [4.78, 5) is 14.0. The SMILES string of the molecule is Cc1c(C(=O)NC2(C)CCOCC2)cc(-c2ccc(S(=O)(=O)NC(C)(C)C)c(C(C)(C)C)c2)n1CC1CCCCC1. The third-order valence-electron chi connectivity index (χ3n) is 8.60. The van der Waals surface area contributed by atoms with Crippen molar-refractivity contribution >= 4 is 15.9 Å². The monoisotopic (exact) mass is 585 g/mol. The minimum atomic E-state index is -3.73. The summed E-state index contributed by atoms with van der Waals surface area (Å²) in [6.07, 6.45) is 7.75. The highest BCUT2D eigenvalue weighted by Crippen LogP contribution is 2.36. The van der Waals surface area contributed by atoms with E-state index in [1.165, 1.54) is 32.1 Å². The number of sulfonamides is 1. The van der Waals surface area contributed by atoms with E-state index in [9.17, 15) is 13.2 Å². The first-order valence-electron chi connectivity index (χ1n) is 15.3. The Kier molecular flexibility index (Phi) is 9.18. The topological polar surface area (TPSA) is 89.4 Å². The van der Waals surface area contributed by atoms with E-state index >= 15 is 0 Å². The lowest BCUT2D eigenvalue weighted by Gasteiger charge is -2.34. The molecule has 1 saturated heterocycles. The molecule has 2 fully saturated rings. The second kappa shape index (κ2) is 11.8. The lowest BCUT2D eigenvalue weighted by Crippen LogP contribution is -2.49. The molecule has 0 radical (unpaired) electrons. The number of amides is 1. The van der Waals surface area contributed by atoms with E-state index in [1.54, 1.807) is 6.07 Å². The fourth-order valence-corrected chi connectivity index (χ4v) is 8.05. The summed E-state index contributed by atoms with van der Waals surface area (Å²) in [6, 6.07) is 7.67. The highest BCUT2D eigenvalue weighted by Gasteiger charge is 2.33. The molecular weight excluding hydrogens is 534 g/mol. The Labute approximate surface area is 247 Å². The first kappa shape index (κ1) is 31.8. The van der Waals surface area contributed by atoms with Crippen molar-refractivity contribution in [2.75, 3.05) is 13.2 Å². The van der Waals surface area contributed by atoms with Gasteiger partial charge in [0, 0.05) is 42.2 Å². The van der Waals surface area contributed by atoms with Gasteiger partial charge in [0.1, 0.15) is 0 Å². The second-order valence-corrected chi connectivity index (χ2v) is 16.2. The van der Waals surface area contributed by atoms with Gasteiger partial charge in [-0.1, -0.05) is 46.1 Å². The van der Waals surface area contributed by atoms with E-state index in [1.807, 2.05) is 66.7 Å². The number of nitrogens with one attached hydrogen (secondary N) is 2. The Morgan fingerprint density at radius 1 is 1.02 bits per heavy atom.